The quantitative estimate of drug-likeness (QED) is 0.774. The van der Waals surface area contributed by atoms with Crippen LogP contribution in [-0.2, 0) is 0 Å². The molecule has 23 heavy (non-hydrogen) atoms. The highest BCUT2D eigenvalue weighted by Crippen LogP contribution is 2.41. The van der Waals surface area contributed by atoms with Crippen molar-refractivity contribution in [3.8, 4) is 5.75 Å². The molecule has 1 aliphatic rings. The smallest absolute Gasteiger partial charge is 0.293 e. The molecule has 3 aromatic rings. The first-order valence-corrected chi connectivity index (χ1v) is 8.37. The van der Waals surface area contributed by atoms with Crippen LogP contribution in [-0.4, -0.2) is 18.0 Å². The molecule has 2 heterocycles. The highest BCUT2D eigenvalue weighted by molar-refractivity contribution is 7.14. The van der Waals surface area contributed by atoms with E-state index in [1.807, 2.05) is 30.5 Å². The average molecular weight is 328 g/mol. The zero-order chi connectivity index (χ0) is 16.0. The van der Waals surface area contributed by atoms with Crippen molar-refractivity contribution >= 4 is 33.3 Å². The molecule has 0 saturated heterocycles. The third-order valence-corrected chi connectivity index (χ3v) is 4.86. The number of benzene rings is 1. The second kappa shape index (κ2) is 5.38. The summed E-state index contributed by atoms with van der Waals surface area (Å²) in [5, 5.41) is 6.35. The zero-order valence-electron chi connectivity index (χ0n) is 12.9. The SMILES string of the molecule is COc1ccc2oc(C(=O)Nc3nc(C4CC4)cs3)c(C)c2c1. The maximum atomic E-state index is 12.5. The minimum absolute atomic E-state index is 0.269. The fourth-order valence-electron chi connectivity index (χ4n) is 2.61. The highest BCUT2D eigenvalue weighted by Gasteiger charge is 2.26. The van der Waals surface area contributed by atoms with Gasteiger partial charge in [-0.2, -0.15) is 0 Å². The Morgan fingerprint density at radius 2 is 2.26 bits per heavy atom. The molecule has 1 N–H and O–H groups in total. The van der Waals surface area contributed by atoms with Crippen molar-refractivity contribution in [1.29, 1.82) is 0 Å². The molecule has 0 spiro atoms. The van der Waals surface area contributed by atoms with Gasteiger partial charge >= 0.3 is 0 Å². The van der Waals surface area contributed by atoms with Gasteiger partial charge in [0.05, 0.1) is 12.8 Å². The number of hydrogen-bond donors (Lipinski definition) is 1. The summed E-state index contributed by atoms with van der Waals surface area (Å²) in [6.45, 7) is 1.87. The topological polar surface area (TPSA) is 64.4 Å². The molecule has 0 aliphatic heterocycles. The van der Waals surface area contributed by atoms with Gasteiger partial charge in [-0.05, 0) is 38.0 Å². The van der Waals surface area contributed by atoms with Gasteiger partial charge in [-0.1, -0.05) is 0 Å². The molecule has 1 aliphatic carbocycles. The molecular formula is C17H16N2O3S. The Morgan fingerprint density at radius 3 is 3.00 bits per heavy atom. The number of nitrogens with zero attached hydrogens (tertiary/aromatic N) is 1. The van der Waals surface area contributed by atoms with Gasteiger partial charge in [0, 0.05) is 22.2 Å². The summed E-state index contributed by atoms with van der Waals surface area (Å²) in [6.07, 6.45) is 2.39. The van der Waals surface area contributed by atoms with Crippen LogP contribution >= 0.6 is 11.3 Å². The fourth-order valence-corrected chi connectivity index (χ4v) is 3.39. The highest BCUT2D eigenvalue weighted by atomic mass is 32.1. The monoisotopic (exact) mass is 328 g/mol. The lowest BCUT2D eigenvalue weighted by molar-refractivity contribution is 0.0998. The molecular weight excluding hydrogens is 312 g/mol. The maximum Gasteiger partial charge on any atom is 0.293 e. The molecule has 1 aromatic carbocycles. The number of furan rings is 1. The zero-order valence-corrected chi connectivity index (χ0v) is 13.7. The van der Waals surface area contributed by atoms with Gasteiger partial charge in [-0.25, -0.2) is 4.98 Å². The summed E-state index contributed by atoms with van der Waals surface area (Å²) in [5.74, 6) is 1.37. The van der Waals surface area contributed by atoms with E-state index in [0.717, 1.165) is 22.4 Å². The van der Waals surface area contributed by atoms with E-state index >= 15 is 0 Å². The molecule has 1 saturated carbocycles. The first-order valence-electron chi connectivity index (χ1n) is 7.49. The molecule has 2 aromatic heterocycles. The molecule has 5 nitrogen and oxygen atoms in total. The summed E-state index contributed by atoms with van der Waals surface area (Å²) in [6, 6.07) is 5.50. The summed E-state index contributed by atoms with van der Waals surface area (Å²) in [7, 11) is 1.62. The van der Waals surface area contributed by atoms with Gasteiger partial charge in [0.1, 0.15) is 11.3 Å². The molecule has 1 fully saturated rings. The van der Waals surface area contributed by atoms with Crippen molar-refractivity contribution in [3.63, 3.8) is 0 Å². The summed E-state index contributed by atoms with van der Waals surface area (Å²) in [4.78, 5) is 17.0. The van der Waals surface area contributed by atoms with E-state index in [0.29, 0.717) is 22.4 Å². The maximum absolute atomic E-state index is 12.5. The third-order valence-electron chi connectivity index (χ3n) is 4.09. The van der Waals surface area contributed by atoms with Crippen molar-refractivity contribution in [2.75, 3.05) is 12.4 Å². The van der Waals surface area contributed by atoms with Gasteiger partial charge in [0.25, 0.3) is 5.91 Å². The summed E-state index contributed by atoms with van der Waals surface area (Å²) < 4.78 is 10.9. The Morgan fingerprint density at radius 1 is 1.43 bits per heavy atom. The van der Waals surface area contributed by atoms with Crippen LogP contribution < -0.4 is 10.1 Å². The molecule has 0 bridgehead atoms. The van der Waals surface area contributed by atoms with E-state index in [-0.39, 0.29) is 5.91 Å². The lowest BCUT2D eigenvalue weighted by Crippen LogP contribution is -2.11. The molecule has 118 valence electrons. The lowest BCUT2D eigenvalue weighted by Gasteiger charge is -1.99. The van der Waals surface area contributed by atoms with Gasteiger partial charge in [0.15, 0.2) is 10.9 Å². The fraction of sp³-hybridized carbons (Fsp3) is 0.294. The van der Waals surface area contributed by atoms with Crippen molar-refractivity contribution in [3.05, 3.63) is 40.6 Å². The number of nitrogens with one attached hydrogen (secondary N) is 1. The van der Waals surface area contributed by atoms with Crippen LogP contribution in [0, 0.1) is 6.92 Å². The normalized spacial score (nSPS) is 14.2. The van der Waals surface area contributed by atoms with Crippen molar-refractivity contribution in [1.82, 2.24) is 4.98 Å². The van der Waals surface area contributed by atoms with Crippen LogP contribution in [0.4, 0.5) is 5.13 Å². The van der Waals surface area contributed by atoms with E-state index < -0.39 is 0 Å². The number of aromatic nitrogens is 1. The molecule has 0 unspecified atom stereocenters. The number of thiazole rings is 1. The first-order chi connectivity index (χ1) is 11.2. The number of amides is 1. The number of methoxy groups -OCH3 is 1. The van der Waals surface area contributed by atoms with Crippen molar-refractivity contribution in [2.45, 2.75) is 25.7 Å². The average Bonchev–Trinajstić information content (AvgIpc) is 3.22. The Balaban J connectivity index is 1.61. The van der Waals surface area contributed by atoms with Crippen LogP contribution in [0.5, 0.6) is 5.75 Å². The third kappa shape index (κ3) is 2.59. The molecule has 1 amide bonds. The number of hydrogen-bond acceptors (Lipinski definition) is 5. The van der Waals surface area contributed by atoms with E-state index in [1.54, 1.807) is 7.11 Å². The number of fused-ring (bicyclic) bond motifs is 1. The minimum Gasteiger partial charge on any atom is -0.497 e. The van der Waals surface area contributed by atoms with E-state index in [4.69, 9.17) is 9.15 Å². The molecule has 6 heteroatoms. The van der Waals surface area contributed by atoms with Crippen LogP contribution in [0.25, 0.3) is 11.0 Å². The predicted octanol–water partition coefficient (Wildman–Crippen LogP) is 4.34. The largest absolute Gasteiger partial charge is 0.497 e. The number of rotatable bonds is 4. The van der Waals surface area contributed by atoms with Gasteiger partial charge in [-0.15, -0.1) is 11.3 Å². The summed E-state index contributed by atoms with van der Waals surface area (Å²) in [5.41, 5.74) is 2.55. The Labute approximate surface area is 137 Å². The number of carbonyl (C=O) groups excluding carboxylic acids is 1. The van der Waals surface area contributed by atoms with Crippen molar-refractivity contribution in [2.24, 2.45) is 0 Å². The van der Waals surface area contributed by atoms with Gasteiger partial charge < -0.3 is 9.15 Å². The van der Waals surface area contributed by atoms with Crippen LogP contribution in [0.2, 0.25) is 0 Å². The second-order valence-corrected chi connectivity index (χ2v) is 6.58. The van der Waals surface area contributed by atoms with Crippen LogP contribution in [0.3, 0.4) is 0 Å². The van der Waals surface area contributed by atoms with Gasteiger partial charge in [-0.3, -0.25) is 10.1 Å². The number of ether oxygens (including phenoxy) is 1. The first kappa shape index (κ1) is 14.3. The predicted molar refractivity (Wildman–Crippen MR) is 89.5 cm³/mol. The van der Waals surface area contributed by atoms with Crippen LogP contribution in [0.15, 0.2) is 28.0 Å². The molecule has 4 rings (SSSR count). The van der Waals surface area contributed by atoms with E-state index in [1.165, 1.54) is 24.2 Å². The Kier molecular flexibility index (Phi) is 3.34. The Bertz CT molecular complexity index is 893. The molecule has 0 atom stereocenters. The minimum atomic E-state index is -0.269. The van der Waals surface area contributed by atoms with E-state index in [2.05, 4.69) is 10.3 Å². The number of aryl methyl sites for hydroxylation is 1. The van der Waals surface area contributed by atoms with E-state index in [9.17, 15) is 4.79 Å². The second-order valence-electron chi connectivity index (χ2n) is 5.72. The summed E-state index contributed by atoms with van der Waals surface area (Å²) >= 11 is 1.45. The number of anilines is 1. The Hall–Kier alpha value is -2.34. The molecule has 0 radical (unpaired) electrons. The number of carbonyl (C=O) groups is 1. The van der Waals surface area contributed by atoms with Gasteiger partial charge in [0.2, 0.25) is 0 Å². The standard InChI is InChI=1S/C17H16N2O3S/c1-9-12-7-11(21-2)5-6-14(12)22-15(9)16(20)19-17-18-13(8-23-17)10-3-4-10/h5-8,10H,3-4H2,1-2H3,(H,18,19,20). The lowest BCUT2D eigenvalue weighted by atomic mass is 10.1. The van der Waals surface area contributed by atoms with Crippen molar-refractivity contribution < 1.29 is 13.9 Å². The van der Waals surface area contributed by atoms with Crippen LogP contribution in [0.1, 0.15) is 40.6 Å².